The number of hydrogen-bond acceptors (Lipinski definition) is 3. The molecule has 0 N–H and O–H groups in total. The van der Waals surface area contributed by atoms with E-state index in [9.17, 15) is 13.2 Å². The Morgan fingerprint density at radius 2 is 2.13 bits per heavy atom. The fourth-order valence-electron chi connectivity index (χ4n) is 0.734. The van der Waals surface area contributed by atoms with Crippen LogP contribution >= 0.6 is 27.5 Å². The summed E-state index contributed by atoms with van der Waals surface area (Å²) < 4.78 is 39.2. The van der Waals surface area contributed by atoms with E-state index < -0.39 is 17.8 Å². The maximum atomic E-state index is 11.9. The lowest BCUT2D eigenvalue weighted by atomic mass is 10.3. The molecule has 0 unspecified atom stereocenters. The summed E-state index contributed by atoms with van der Waals surface area (Å²) in [5.74, 6) is -0.832. The van der Waals surface area contributed by atoms with Gasteiger partial charge >= 0.3 is 6.36 Å². The van der Waals surface area contributed by atoms with Gasteiger partial charge in [0, 0.05) is 0 Å². The Bertz CT molecular complexity index is 429. The molecule has 1 aromatic rings. The van der Waals surface area contributed by atoms with Crippen molar-refractivity contribution in [2.75, 3.05) is 0 Å². The number of hydrogen-bond donors (Lipinski definition) is 0. The highest BCUT2D eigenvalue weighted by molar-refractivity contribution is 9.10. The molecule has 8 heteroatoms. The van der Waals surface area contributed by atoms with Crippen LogP contribution in [0.15, 0.2) is 10.7 Å². The topological polar surface area (TPSA) is 45.9 Å². The lowest BCUT2D eigenvalue weighted by Crippen LogP contribution is -2.18. The Balaban J connectivity index is 3.21. The first-order valence-corrected chi connectivity index (χ1v) is 4.52. The van der Waals surface area contributed by atoms with E-state index in [0.29, 0.717) is 0 Å². The first-order valence-electron chi connectivity index (χ1n) is 3.35. The Kier molecular flexibility index (Phi) is 3.42. The fraction of sp³-hybridized carbons (Fsp3) is 0.143. The molecule has 0 aliphatic rings. The number of alkyl halides is 3. The third-order valence-corrected chi connectivity index (χ3v) is 2.60. The molecule has 1 rings (SSSR count). The number of rotatable bonds is 1. The van der Waals surface area contributed by atoms with Crippen LogP contribution in [0.2, 0.25) is 5.02 Å². The zero-order valence-corrected chi connectivity index (χ0v) is 9.11. The van der Waals surface area contributed by atoms with E-state index in [1.54, 1.807) is 0 Å². The molecule has 0 amide bonds. The van der Waals surface area contributed by atoms with Gasteiger partial charge < -0.3 is 4.74 Å². The van der Waals surface area contributed by atoms with Crippen molar-refractivity contribution in [1.29, 1.82) is 5.26 Å². The van der Waals surface area contributed by atoms with Crippen molar-refractivity contribution in [3.05, 3.63) is 21.3 Å². The van der Waals surface area contributed by atoms with Crippen LogP contribution in [-0.2, 0) is 0 Å². The van der Waals surface area contributed by atoms with E-state index in [2.05, 4.69) is 25.7 Å². The van der Waals surface area contributed by atoms with Crippen LogP contribution in [0.1, 0.15) is 5.56 Å². The van der Waals surface area contributed by atoms with E-state index in [1.165, 1.54) is 6.07 Å². The summed E-state index contributed by atoms with van der Waals surface area (Å²) in [5, 5.41) is 8.62. The molecule has 3 nitrogen and oxygen atoms in total. The lowest BCUT2D eigenvalue weighted by molar-refractivity contribution is -0.276. The lowest BCUT2D eigenvalue weighted by Gasteiger charge is -2.09. The van der Waals surface area contributed by atoms with E-state index in [0.717, 1.165) is 6.20 Å². The Labute approximate surface area is 95.6 Å². The van der Waals surface area contributed by atoms with Crippen LogP contribution < -0.4 is 4.74 Å². The average Bonchev–Trinajstić information content (AvgIpc) is 2.10. The highest BCUT2D eigenvalue weighted by Gasteiger charge is 2.33. The second kappa shape index (κ2) is 4.24. The molecule has 1 heterocycles. The molecule has 0 aliphatic heterocycles. The monoisotopic (exact) mass is 300 g/mol. The molecule has 0 saturated carbocycles. The molecule has 0 aromatic carbocycles. The molecule has 1 aromatic heterocycles. The van der Waals surface area contributed by atoms with Crippen molar-refractivity contribution in [3.63, 3.8) is 0 Å². The summed E-state index contributed by atoms with van der Waals surface area (Å²) in [7, 11) is 0. The highest BCUT2D eigenvalue weighted by atomic mass is 79.9. The van der Waals surface area contributed by atoms with E-state index >= 15 is 0 Å². The van der Waals surface area contributed by atoms with Gasteiger partial charge in [-0.15, -0.1) is 13.2 Å². The largest absolute Gasteiger partial charge is 0.574 e. The van der Waals surface area contributed by atoms with Gasteiger partial charge in [-0.2, -0.15) is 5.26 Å². The van der Waals surface area contributed by atoms with E-state index in [-0.39, 0.29) is 9.50 Å². The molecule has 0 bridgehead atoms. The summed E-state index contributed by atoms with van der Waals surface area (Å²) in [5.41, 5.74) is -0.403. The smallest absolute Gasteiger partial charge is 0.386 e. The number of ether oxygens (including phenoxy) is 1. The first kappa shape index (κ1) is 12.1. The molecule has 0 aliphatic carbocycles. The van der Waals surface area contributed by atoms with Crippen LogP contribution in [-0.4, -0.2) is 11.3 Å². The third-order valence-electron chi connectivity index (χ3n) is 1.26. The van der Waals surface area contributed by atoms with Gasteiger partial charge in [0.2, 0.25) is 5.88 Å². The number of halogens is 5. The van der Waals surface area contributed by atoms with Crippen molar-refractivity contribution in [2.24, 2.45) is 0 Å². The predicted octanol–water partition coefficient (Wildman–Crippen LogP) is 3.27. The molecule has 0 fully saturated rings. The van der Waals surface area contributed by atoms with Crippen molar-refractivity contribution in [2.45, 2.75) is 6.36 Å². The maximum absolute atomic E-state index is 11.9. The number of aromatic nitrogens is 1. The van der Waals surface area contributed by atoms with Gasteiger partial charge in [0.05, 0.1) is 15.7 Å². The summed E-state index contributed by atoms with van der Waals surface area (Å²) in [6.07, 6.45) is -3.95. The molecule has 15 heavy (non-hydrogen) atoms. The number of nitriles is 1. The zero-order valence-electron chi connectivity index (χ0n) is 6.77. The molecule has 0 spiro atoms. The predicted molar refractivity (Wildman–Crippen MR) is 48.3 cm³/mol. The maximum Gasteiger partial charge on any atom is 0.574 e. The van der Waals surface area contributed by atoms with Crippen LogP contribution in [0.3, 0.4) is 0 Å². The second-order valence-corrected chi connectivity index (χ2v) is 3.46. The fourth-order valence-corrected chi connectivity index (χ4v) is 1.24. The zero-order chi connectivity index (χ0) is 11.6. The van der Waals surface area contributed by atoms with Crippen LogP contribution in [0, 0.1) is 11.3 Å². The Hall–Kier alpha value is -1.00. The van der Waals surface area contributed by atoms with Gasteiger partial charge in [0.15, 0.2) is 0 Å². The van der Waals surface area contributed by atoms with Gasteiger partial charge in [-0.25, -0.2) is 4.98 Å². The average molecular weight is 301 g/mol. The molecule has 80 valence electrons. The van der Waals surface area contributed by atoms with Gasteiger partial charge in [0.25, 0.3) is 0 Å². The van der Waals surface area contributed by atoms with Crippen LogP contribution in [0.4, 0.5) is 13.2 Å². The summed E-state index contributed by atoms with van der Waals surface area (Å²) in [6.45, 7) is 0. The van der Waals surface area contributed by atoms with Gasteiger partial charge in [-0.05, 0) is 15.9 Å². The minimum Gasteiger partial charge on any atom is -0.386 e. The van der Waals surface area contributed by atoms with Gasteiger partial charge in [-0.1, -0.05) is 11.6 Å². The standard InChI is InChI=1S/C7HBrClF3N2O/c8-5-3(1-13)6(14-2-4(5)9)15-7(10,11)12/h2H. The third kappa shape index (κ3) is 2.97. The van der Waals surface area contributed by atoms with Crippen molar-refractivity contribution in [3.8, 4) is 11.9 Å². The summed E-state index contributed by atoms with van der Waals surface area (Å²) in [6, 6.07) is 1.51. The molecule has 0 saturated heterocycles. The van der Waals surface area contributed by atoms with Crippen LogP contribution in [0.5, 0.6) is 5.88 Å². The van der Waals surface area contributed by atoms with Crippen LogP contribution in [0.25, 0.3) is 0 Å². The minimum atomic E-state index is -4.90. The SMILES string of the molecule is N#Cc1c(OC(F)(F)F)ncc(Cl)c1Br. The highest BCUT2D eigenvalue weighted by Crippen LogP contribution is 2.33. The van der Waals surface area contributed by atoms with E-state index in [1.807, 2.05) is 0 Å². The van der Waals surface area contributed by atoms with Gasteiger partial charge in [-0.3, -0.25) is 0 Å². The van der Waals surface area contributed by atoms with E-state index in [4.69, 9.17) is 16.9 Å². The molecular weight excluding hydrogens is 300 g/mol. The summed E-state index contributed by atoms with van der Waals surface area (Å²) >= 11 is 8.40. The Morgan fingerprint density at radius 1 is 1.53 bits per heavy atom. The molecule has 0 radical (unpaired) electrons. The number of pyridine rings is 1. The Morgan fingerprint density at radius 3 is 2.60 bits per heavy atom. The minimum absolute atomic E-state index is 0.0147. The molecular formula is C7HBrClF3N2O. The normalized spacial score (nSPS) is 10.9. The molecule has 0 atom stereocenters. The first-order chi connectivity index (χ1) is 6.85. The van der Waals surface area contributed by atoms with Gasteiger partial charge in [0.1, 0.15) is 11.6 Å². The number of nitrogens with zero attached hydrogens (tertiary/aromatic N) is 2. The van der Waals surface area contributed by atoms with Crippen molar-refractivity contribution < 1.29 is 17.9 Å². The summed E-state index contributed by atoms with van der Waals surface area (Å²) in [4.78, 5) is 3.27. The second-order valence-electron chi connectivity index (χ2n) is 2.26. The van der Waals surface area contributed by atoms with Crippen molar-refractivity contribution in [1.82, 2.24) is 4.98 Å². The van der Waals surface area contributed by atoms with Crippen molar-refractivity contribution >= 4 is 27.5 Å². The quantitative estimate of drug-likeness (QED) is 0.800.